The van der Waals surface area contributed by atoms with Crippen LogP contribution in [0.1, 0.15) is 17.3 Å². The van der Waals surface area contributed by atoms with E-state index >= 15 is 0 Å². The Morgan fingerprint density at radius 2 is 2.11 bits per heavy atom. The number of guanidine groups is 1. The SMILES string of the molecule is CCN(C(=Nc1ccc(C(=O)OC)cc1)NC#N)c1ccc2[nH]c(=S)sc2c1. The molecular weight excluding hydrogens is 394 g/mol. The number of H-pyrrole nitrogens is 1. The third-order valence-electron chi connectivity index (χ3n) is 3.98. The van der Waals surface area contributed by atoms with Gasteiger partial charge in [-0.15, -0.1) is 11.3 Å². The zero-order valence-electron chi connectivity index (χ0n) is 15.2. The van der Waals surface area contributed by atoms with Crippen molar-refractivity contribution in [3.63, 3.8) is 0 Å². The van der Waals surface area contributed by atoms with Crippen molar-refractivity contribution in [2.75, 3.05) is 18.6 Å². The number of aromatic amines is 1. The minimum absolute atomic E-state index is 0.384. The number of nitrogens with one attached hydrogen (secondary N) is 2. The molecule has 1 aromatic heterocycles. The Labute approximate surface area is 170 Å². The first-order valence-electron chi connectivity index (χ1n) is 8.38. The Bertz CT molecular complexity index is 1130. The molecule has 3 aromatic rings. The van der Waals surface area contributed by atoms with Crippen LogP contribution in [0.15, 0.2) is 47.5 Å². The van der Waals surface area contributed by atoms with Gasteiger partial charge in [0.05, 0.1) is 28.6 Å². The van der Waals surface area contributed by atoms with E-state index in [1.807, 2.05) is 36.2 Å². The third-order valence-corrected chi connectivity index (χ3v) is 5.18. The van der Waals surface area contributed by atoms with Crippen molar-refractivity contribution in [2.24, 2.45) is 4.99 Å². The van der Waals surface area contributed by atoms with Crippen molar-refractivity contribution in [2.45, 2.75) is 6.92 Å². The number of carbonyl (C=O) groups is 1. The second kappa shape index (κ2) is 8.65. The van der Waals surface area contributed by atoms with Gasteiger partial charge in [0.1, 0.15) is 0 Å². The van der Waals surface area contributed by atoms with E-state index in [2.05, 4.69) is 15.3 Å². The molecule has 0 spiro atoms. The van der Waals surface area contributed by atoms with Crippen molar-refractivity contribution in [3.8, 4) is 6.19 Å². The number of ether oxygens (including phenoxy) is 1. The predicted molar refractivity (Wildman–Crippen MR) is 114 cm³/mol. The normalized spacial score (nSPS) is 11.1. The quantitative estimate of drug-likeness (QED) is 0.166. The predicted octanol–water partition coefficient (Wildman–Crippen LogP) is 4.33. The van der Waals surface area contributed by atoms with Gasteiger partial charge in [0.15, 0.2) is 10.1 Å². The van der Waals surface area contributed by atoms with E-state index in [1.165, 1.54) is 18.4 Å². The maximum absolute atomic E-state index is 11.6. The zero-order chi connectivity index (χ0) is 20.1. The average Bonchev–Trinajstić information content (AvgIpc) is 3.08. The molecule has 1 heterocycles. The summed E-state index contributed by atoms with van der Waals surface area (Å²) in [5.74, 6) is -0.0300. The largest absolute Gasteiger partial charge is 0.465 e. The molecule has 0 unspecified atom stereocenters. The number of nitriles is 1. The number of methoxy groups -OCH3 is 1. The lowest BCUT2D eigenvalue weighted by atomic mass is 10.2. The summed E-state index contributed by atoms with van der Waals surface area (Å²) < 4.78 is 6.44. The first kappa shape index (κ1) is 19.5. The molecule has 0 radical (unpaired) electrons. The van der Waals surface area contributed by atoms with E-state index in [-0.39, 0.29) is 0 Å². The van der Waals surface area contributed by atoms with Gasteiger partial charge in [-0.3, -0.25) is 5.32 Å². The summed E-state index contributed by atoms with van der Waals surface area (Å²) in [6.45, 7) is 2.56. The van der Waals surface area contributed by atoms with Crippen molar-refractivity contribution in [1.29, 1.82) is 5.26 Å². The second-order valence-corrected chi connectivity index (χ2v) is 7.37. The molecule has 0 aliphatic heterocycles. The number of thiazole rings is 1. The lowest BCUT2D eigenvalue weighted by Crippen LogP contribution is -2.39. The van der Waals surface area contributed by atoms with E-state index in [4.69, 9.17) is 17.0 Å². The summed E-state index contributed by atoms with van der Waals surface area (Å²) >= 11 is 6.70. The van der Waals surface area contributed by atoms with Gasteiger partial charge in [-0.2, -0.15) is 5.26 Å². The summed E-state index contributed by atoms with van der Waals surface area (Å²) in [4.78, 5) is 21.1. The summed E-state index contributed by atoms with van der Waals surface area (Å²) in [7, 11) is 1.33. The molecule has 0 saturated carbocycles. The number of carbonyl (C=O) groups excluding carboxylic acids is 1. The molecule has 0 amide bonds. The summed E-state index contributed by atoms with van der Waals surface area (Å²) in [6.07, 6.45) is 1.94. The highest BCUT2D eigenvalue weighted by molar-refractivity contribution is 7.73. The number of benzene rings is 2. The van der Waals surface area contributed by atoms with Crippen LogP contribution in [0.5, 0.6) is 0 Å². The Morgan fingerprint density at radius 1 is 1.36 bits per heavy atom. The van der Waals surface area contributed by atoms with Gasteiger partial charge in [0, 0.05) is 12.2 Å². The Morgan fingerprint density at radius 3 is 2.75 bits per heavy atom. The molecule has 2 N–H and O–H groups in total. The van der Waals surface area contributed by atoms with Crippen LogP contribution in [-0.2, 0) is 4.74 Å². The number of aliphatic imine (C=N–C) groups is 1. The first-order chi connectivity index (χ1) is 13.5. The van der Waals surface area contributed by atoms with Crippen LogP contribution in [0.2, 0.25) is 0 Å². The first-order valence-corrected chi connectivity index (χ1v) is 9.60. The maximum atomic E-state index is 11.6. The molecule has 0 fully saturated rings. The minimum Gasteiger partial charge on any atom is -0.465 e. The molecule has 0 bridgehead atoms. The lowest BCUT2D eigenvalue weighted by Gasteiger charge is -2.23. The molecular formula is C19H17N5O2S2. The van der Waals surface area contributed by atoms with Crippen molar-refractivity contribution in [3.05, 3.63) is 52.0 Å². The Hall–Kier alpha value is -3.22. The number of hydrogen-bond donors (Lipinski definition) is 2. The molecule has 0 atom stereocenters. The van der Waals surface area contributed by atoms with Gasteiger partial charge in [-0.25, -0.2) is 9.79 Å². The summed E-state index contributed by atoms with van der Waals surface area (Å²) in [5, 5.41) is 11.8. The molecule has 142 valence electrons. The van der Waals surface area contributed by atoms with E-state index < -0.39 is 5.97 Å². The fourth-order valence-electron chi connectivity index (χ4n) is 2.67. The van der Waals surface area contributed by atoms with Gasteiger partial charge in [-0.1, -0.05) is 0 Å². The van der Waals surface area contributed by atoms with Crippen molar-refractivity contribution >= 4 is 57.1 Å². The number of nitrogens with zero attached hydrogens (tertiary/aromatic N) is 3. The smallest absolute Gasteiger partial charge is 0.337 e. The standard InChI is InChI=1S/C19H17N5O2S2/c1-3-24(14-8-9-15-16(10-14)28-19(27)23-15)18(21-11-20)22-13-6-4-12(5-7-13)17(25)26-2/h4-10H,3H2,1-2H3,(H,21,22)(H,23,27). The Balaban J connectivity index is 1.97. The second-order valence-electron chi connectivity index (χ2n) is 5.65. The fourth-order valence-corrected chi connectivity index (χ4v) is 3.82. The number of anilines is 1. The Kier molecular flexibility index (Phi) is 6.03. The number of hydrogen-bond acceptors (Lipinski definition) is 6. The van der Waals surface area contributed by atoms with Crippen LogP contribution in [0.25, 0.3) is 10.2 Å². The van der Waals surface area contributed by atoms with Gasteiger partial charge in [0.2, 0.25) is 5.96 Å². The van der Waals surface area contributed by atoms with Crippen LogP contribution in [-0.4, -0.2) is 30.6 Å². The molecule has 9 heteroatoms. The number of fused-ring (bicyclic) bond motifs is 1. The highest BCUT2D eigenvalue weighted by Crippen LogP contribution is 2.26. The summed E-state index contributed by atoms with van der Waals surface area (Å²) in [6, 6.07) is 12.5. The van der Waals surface area contributed by atoms with Gasteiger partial charge in [-0.05, 0) is 61.6 Å². The fraction of sp³-hybridized carbons (Fsp3) is 0.158. The molecule has 0 aliphatic rings. The van der Waals surface area contributed by atoms with Crippen LogP contribution in [0.4, 0.5) is 11.4 Å². The van der Waals surface area contributed by atoms with Gasteiger partial charge >= 0.3 is 5.97 Å². The number of esters is 1. The van der Waals surface area contributed by atoms with Crippen LogP contribution < -0.4 is 10.2 Å². The van der Waals surface area contributed by atoms with E-state index in [1.54, 1.807) is 24.3 Å². The maximum Gasteiger partial charge on any atom is 0.337 e. The van der Waals surface area contributed by atoms with Crippen LogP contribution in [0, 0.1) is 15.4 Å². The molecule has 7 nitrogen and oxygen atoms in total. The topological polar surface area (TPSA) is 93.5 Å². The van der Waals surface area contributed by atoms with E-state index in [9.17, 15) is 10.1 Å². The van der Waals surface area contributed by atoms with Crippen molar-refractivity contribution < 1.29 is 9.53 Å². The van der Waals surface area contributed by atoms with Crippen LogP contribution >= 0.6 is 23.6 Å². The molecule has 0 aliphatic carbocycles. The lowest BCUT2D eigenvalue weighted by molar-refractivity contribution is 0.0601. The molecule has 0 saturated heterocycles. The van der Waals surface area contributed by atoms with Crippen LogP contribution in [0.3, 0.4) is 0 Å². The number of rotatable bonds is 4. The highest BCUT2D eigenvalue weighted by Gasteiger charge is 2.14. The molecule has 28 heavy (non-hydrogen) atoms. The van der Waals surface area contributed by atoms with E-state index in [0.717, 1.165) is 15.9 Å². The number of aromatic nitrogens is 1. The average molecular weight is 412 g/mol. The third kappa shape index (κ3) is 4.19. The molecule has 3 rings (SSSR count). The monoisotopic (exact) mass is 411 g/mol. The van der Waals surface area contributed by atoms with Gasteiger partial charge < -0.3 is 14.6 Å². The molecule has 2 aromatic carbocycles. The summed E-state index contributed by atoms with van der Waals surface area (Å²) in [5.41, 5.74) is 2.89. The van der Waals surface area contributed by atoms with Gasteiger partial charge in [0.25, 0.3) is 0 Å². The minimum atomic E-state index is -0.414. The zero-order valence-corrected chi connectivity index (χ0v) is 16.9. The highest BCUT2D eigenvalue weighted by atomic mass is 32.1. The van der Waals surface area contributed by atoms with E-state index in [0.29, 0.717) is 27.7 Å². The van der Waals surface area contributed by atoms with Crippen molar-refractivity contribution in [1.82, 2.24) is 10.3 Å².